The molecule has 0 spiro atoms. The number of hydrogen-bond acceptors (Lipinski definition) is 6. The number of benzene rings is 2. The fraction of sp³-hybridized carbons (Fsp3) is 0.261. The van der Waals surface area contributed by atoms with E-state index in [2.05, 4.69) is 10.4 Å². The van der Waals surface area contributed by atoms with E-state index in [4.69, 9.17) is 14.2 Å². The van der Waals surface area contributed by atoms with Crippen LogP contribution in [0.25, 0.3) is 5.69 Å². The van der Waals surface area contributed by atoms with Gasteiger partial charge < -0.3 is 14.2 Å². The smallest absolute Gasteiger partial charge is 0.411 e. The van der Waals surface area contributed by atoms with Gasteiger partial charge in [-0.3, -0.25) is 10.1 Å². The molecule has 0 aliphatic carbocycles. The summed E-state index contributed by atoms with van der Waals surface area (Å²) in [4.78, 5) is 24.4. The van der Waals surface area contributed by atoms with E-state index < -0.39 is 17.7 Å². The Kier molecular flexibility index (Phi) is 7.06. The molecule has 3 aromatic rings. The van der Waals surface area contributed by atoms with Gasteiger partial charge in [0.15, 0.2) is 0 Å². The Balaban J connectivity index is 1.43. The van der Waals surface area contributed by atoms with Gasteiger partial charge in [0.2, 0.25) is 5.43 Å². The van der Waals surface area contributed by atoms with Gasteiger partial charge in [-0.25, -0.2) is 18.3 Å². The number of ether oxygens (including phenoxy) is 3. The van der Waals surface area contributed by atoms with Crippen molar-refractivity contribution in [3.8, 4) is 5.69 Å². The van der Waals surface area contributed by atoms with Crippen LogP contribution in [0.5, 0.6) is 0 Å². The zero-order valence-electron chi connectivity index (χ0n) is 17.5. The number of anilines is 1. The van der Waals surface area contributed by atoms with E-state index in [0.29, 0.717) is 31.1 Å². The summed E-state index contributed by atoms with van der Waals surface area (Å²) in [6, 6.07) is 11.1. The molecule has 1 aliphatic rings. The average molecular weight is 457 g/mol. The third-order valence-electron chi connectivity index (χ3n) is 4.82. The molecule has 0 saturated carbocycles. The van der Waals surface area contributed by atoms with Crippen molar-refractivity contribution in [1.82, 2.24) is 9.78 Å². The van der Waals surface area contributed by atoms with Gasteiger partial charge in [-0.2, -0.15) is 5.10 Å². The maximum Gasteiger partial charge on any atom is 0.411 e. The molecule has 2 aromatic carbocycles. The van der Waals surface area contributed by atoms with Crippen LogP contribution in [0.3, 0.4) is 0 Å². The van der Waals surface area contributed by atoms with Crippen LogP contribution in [0, 0.1) is 11.6 Å². The topological polar surface area (TPSA) is 91.7 Å². The molecule has 1 saturated heterocycles. The van der Waals surface area contributed by atoms with Gasteiger partial charge >= 0.3 is 6.09 Å². The Morgan fingerprint density at radius 2 is 1.97 bits per heavy atom. The van der Waals surface area contributed by atoms with E-state index in [1.807, 2.05) is 0 Å². The Morgan fingerprint density at radius 3 is 2.73 bits per heavy atom. The first-order valence-electron chi connectivity index (χ1n) is 10.2. The first kappa shape index (κ1) is 22.6. The fourth-order valence-corrected chi connectivity index (χ4v) is 3.29. The Morgan fingerprint density at radius 1 is 1.15 bits per heavy atom. The molecule has 33 heavy (non-hydrogen) atoms. The van der Waals surface area contributed by atoms with Crippen LogP contribution >= 0.6 is 0 Å². The van der Waals surface area contributed by atoms with Crippen LogP contribution in [-0.4, -0.2) is 48.4 Å². The van der Waals surface area contributed by atoms with Crippen molar-refractivity contribution < 1.29 is 27.8 Å². The second-order valence-corrected chi connectivity index (χ2v) is 7.37. The number of carbonyl (C=O) groups excluding carboxylic acids is 1. The minimum atomic E-state index is -0.750. The molecule has 1 atom stereocenters. The Bertz CT molecular complexity index is 1170. The number of nitrogens with zero attached hydrogens (tertiary/aromatic N) is 2. The SMILES string of the molecule is O=C(Nc1cccc(Cc2nn(-c3cc(F)cc(F)c3)ccc2=O)c1)OCC1COCCO1. The standard InChI is InChI=1S/C23H21F2N3O5/c24-16-10-17(25)12-19(11-16)28-5-4-22(29)21(27-28)9-15-2-1-3-18(8-15)26-23(30)33-14-20-13-31-6-7-32-20/h1-5,8,10-12,20H,6-7,9,13-14H2,(H,26,30). The third kappa shape index (κ3) is 6.21. The number of halogens is 2. The van der Waals surface area contributed by atoms with Gasteiger partial charge in [0.05, 0.1) is 25.5 Å². The van der Waals surface area contributed by atoms with Crippen molar-refractivity contribution in [3.63, 3.8) is 0 Å². The second kappa shape index (κ2) is 10.3. The lowest BCUT2D eigenvalue weighted by Crippen LogP contribution is -2.33. The summed E-state index contributed by atoms with van der Waals surface area (Å²) in [7, 11) is 0. The maximum atomic E-state index is 13.5. The van der Waals surface area contributed by atoms with Gasteiger partial charge in [0, 0.05) is 30.4 Å². The third-order valence-corrected chi connectivity index (χ3v) is 4.82. The quantitative estimate of drug-likeness (QED) is 0.612. The predicted octanol–water partition coefficient (Wildman–Crippen LogP) is 3.07. The lowest BCUT2D eigenvalue weighted by atomic mass is 10.1. The minimum Gasteiger partial charge on any atom is -0.446 e. The van der Waals surface area contributed by atoms with Crippen LogP contribution in [0.4, 0.5) is 19.3 Å². The van der Waals surface area contributed by atoms with Gasteiger partial charge in [-0.1, -0.05) is 12.1 Å². The zero-order chi connectivity index (χ0) is 23.2. The molecule has 0 radical (unpaired) electrons. The summed E-state index contributed by atoms with van der Waals surface area (Å²) in [6.07, 6.45) is 0.549. The number of amides is 1. The van der Waals surface area contributed by atoms with E-state index in [1.165, 1.54) is 16.9 Å². The summed E-state index contributed by atoms with van der Waals surface area (Å²) in [5.41, 5.74) is 1.18. The van der Waals surface area contributed by atoms with Crippen molar-refractivity contribution in [3.05, 3.63) is 87.8 Å². The highest BCUT2D eigenvalue weighted by atomic mass is 19.1. The highest BCUT2D eigenvalue weighted by Crippen LogP contribution is 2.15. The van der Waals surface area contributed by atoms with E-state index in [0.717, 1.165) is 18.2 Å². The first-order chi connectivity index (χ1) is 16.0. The molecule has 1 aromatic heterocycles. The van der Waals surface area contributed by atoms with Crippen LogP contribution in [0.1, 0.15) is 11.3 Å². The van der Waals surface area contributed by atoms with E-state index >= 15 is 0 Å². The molecule has 10 heteroatoms. The van der Waals surface area contributed by atoms with Gasteiger partial charge in [-0.15, -0.1) is 0 Å². The Labute approximate surface area is 187 Å². The first-order valence-corrected chi connectivity index (χ1v) is 10.2. The number of carbonyl (C=O) groups is 1. The van der Waals surface area contributed by atoms with Gasteiger partial charge in [-0.05, 0) is 29.8 Å². The largest absolute Gasteiger partial charge is 0.446 e. The van der Waals surface area contributed by atoms with Crippen molar-refractivity contribution in [2.75, 3.05) is 31.7 Å². The molecule has 1 aliphatic heterocycles. The molecule has 1 amide bonds. The molecular formula is C23H21F2N3O5. The van der Waals surface area contributed by atoms with Crippen molar-refractivity contribution in [2.45, 2.75) is 12.5 Å². The van der Waals surface area contributed by atoms with Gasteiger partial charge in [0.1, 0.15) is 30.0 Å². The Hall–Kier alpha value is -3.63. The monoisotopic (exact) mass is 457 g/mol. The normalized spacial score (nSPS) is 15.8. The predicted molar refractivity (Wildman–Crippen MR) is 115 cm³/mol. The highest BCUT2D eigenvalue weighted by Gasteiger charge is 2.16. The van der Waals surface area contributed by atoms with Crippen molar-refractivity contribution >= 4 is 11.8 Å². The van der Waals surface area contributed by atoms with Gasteiger partial charge in [0.25, 0.3) is 0 Å². The molecule has 4 rings (SSSR count). The number of rotatable bonds is 6. The highest BCUT2D eigenvalue weighted by molar-refractivity contribution is 5.84. The van der Waals surface area contributed by atoms with Crippen LogP contribution in [0.2, 0.25) is 0 Å². The zero-order valence-corrected chi connectivity index (χ0v) is 17.5. The lowest BCUT2D eigenvalue weighted by molar-refractivity contribution is -0.105. The molecule has 8 nitrogen and oxygen atoms in total. The minimum absolute atomic E-state index is 0.0691. The maximum absolute atomic E-state index is 13.5. The van der Waals surface area contributed by atoms with Crippen LogP contribution < -0.4 is 10.7 Å². The molecule has 1 N–H and O–H groups in total. The summed E-state index contributed by atoms with van der Waals surface area (Å²) >= 11 is 0. The van der Waals surface area contributed by atoms with E-state index in [1.54, 1.807) is 24.3 Å². The fourth-order valence-electron chi connectivity index (χ4n) is 3.29. The number of hydrogen-bond donors (Lipinski definition) is 1. The van der Waals surface area contributed by atoms with Crippen LogP contribution in [0.15, 0.2) is 59.5 Å². The molecule has 2 heterocycles. The average Bonchev–Trinajstić information content (AvgIpc) is 2.79. The molecule has 172 valence electrons. The van der Waals surface area contributed by atoms with Crippen LogP contribution in [-0.2, 0) is 20.6 Å². The second-order valence-electron chi connectivity index (χ2n) is 7.37. The van der Waals surface area contributed by atoms with E-state index in [-0.39, 0.29) is 35.9 Å². The molecule has 1 unspecified atom stereocenters. The summed E-state index contributed by atoms with van der Waals surface area (Å²) in [6.45, 7) is 1.42. The molecular weight excluding hydrogens is 436 g/mol. The number of aromatic nitrogens is 2. The summed E-state index contributed by atoms with van der Waals surface area (Å²) < 4.78 is 44.2. The number of nitrogens with one attached hydrogen (secondary N) is 1. The van der Waals surface area contributed by atoms with E-state index in [9.17, 15) is 18.4 Å². The summed E-state index contributed by atoms with van der Waals surface area (Å²) in [5.74, 6) is -1.50. The van der Waals surface area contributed by atoms with Crippen molar-refractivity contribution in [1.29, 1.82) is 0 Å². The molecule has 0 bridgehead atoms. The molecule has 1 fully saturated rings. The lowest BCUT2D eigenvalue weighted by Gasteiger charge is -2.22. The van der Waals surface area contributed by atoms with Crippen molar-refractivity contribution in [2.24, 2.45) is 0 Å². The summed E-state index contributed by atoms with van der Waals surface area (Å²) in [5, 5.41) is 6.85.